The van der Waals surface area contributed by atoms with Gasteiger partial charge in [-0.1, -0.05) is 202 Å². The van der Waals surface area contributed by atoms with E-state index in [0.29, 0.717) is 17.1 Å². The standard InChI is InChI=1S/C64H46BN3S/c1-64(2,3)43-37-59-62-61(38-43)69-60-40-45(67-56-31-16-12-25-50(56)51-26-13-17-32-57(51)67)34-36-53(60)65(62)52-35-33-44(66-54-29-14-10-23-48(54)49-24-11-15-30-55(49)66)39-58(52)68(59)63-46(41-19-6-4-7-20-41)27-18-28-47(63)42-21-8-5-9-22-42/h4-40H,1-3H3/i10D,11D,12D,13D,14D,15D,16D,17D,23D,24D,25D,26D,29D,30D,31D,32D. The summed E-state index contributed by atoms with van der Waals surface area (Å²) < 4.78 is 148. The molecule has 0 bridgehead atoms. The molecule has 326 valence electrons. The van der Waals surface area contributed by atoms with Gasteiger partial charge in [0.15, 0.2) is 0 Å². The van der Waals surface area contributed by atoms with Gasteiger partial charge in [-0.25, -0.2) is 0 Å². The number of benzene rings is 10. The third-order valence-corrected chi connectivity index (χ3v) is 14.8. The summed E-state index contributed by atoms with van der Waals surface area (Å²) in [6.07, 6.45) is 0. The van der Waals surface area contributed by atoms with Gasteiger partial charge >= 0.3 is 0 Å². The Kier molecular flexibility index (Phi) is 6.00. The minimum absolute atomic E-state index is 0.00346. The summed E-state index contributed by atoms with van der Waals surface area (Å²) in [6, 6.07) is 34.6. The van der Waals surface area contributed by atoms with Gasteiger partial charge in [-0.2, -0.15) is 0 Å². The Hall–Kier alpha value is -7.99. The van der Waals surface area contributed by atoms with E-state index in [1.54, 1.807) is 4.57 Å². The zero-order valence-corrected chi connectivity index (χ0v) is 38.3. The molecular weight excluding hydrogens is 854 g/mol. The minimum atomic E-state index is -0.544. The SMILES string of the molecule is [2H]c1c([2H])c([2H])c2c(c1[2H])c1c([2H])c([2H])c([2H])c([2H])c1n2-c1ccc2c(c1)Sc1cc(C(C)(C)C)cc3c1B2c1ccc(-n2c4c([2H])c([2H])c([2H])c([2H])c4c4c([2H])c([2H])c([2H])c([2H])c42)cc1N3c1c(-c2ccccc2)cccc1-c1ccccc1. The Morgan fingerprint density at radius 1 is 0.449 bits per heavy atom. The molecule has 69 heavy (non-hydrogen) atoms. The lowest BCUT2D eigenvalue weighted by Gasteiger charge is -2.42. The van der Waals surface area contributed by atoms with E-state index in [1.165, 1.54) is 16.3 Å². The lowest BCUT2D eigenvalue weighted by molar-refractivity contribution is 0.589. The highest BCUT2D eigenvalue weighted by atomic mass is 32.2. The second-order valence-electron chi connectivity index (χ2n) is 18.5. The lowest BCUT2D eigenvalue weighted by Crippen LogP contribution is -2.60. The number of para-hydroxylation sites is 5. The molecule has 0 fully saturated rings. The van der Waals surface area contributed by atoms with Gasteiger partial charge in [0.1, 0.15) is 0 Å². The van der Waals surface area contributed by atoms with Crippen LogP contribution in [0, 0.1) is 0 Å². The van der Waals surface area contributed by atoms with E-state index in [4.69, 9.17) is 13.7 Å². The average molecular weight is 916 g/mol. The van der Waals surface area contributed by atoms with Crippen LogP contribution >= 0.6 is 11.8 Å². The van der Waals surface area contributed by atoms with Gasteiger partial charge in [0.05, 0.1) is 49.7 Å². The lowest BCUT2D eigenvalue weighted by atomic mass is 9.34. The van der Waals surface area contributed by atoms with Gasteiger partial charge < -0.3 is 14.0 Å². The van der Waals surface area contributed by atoms with Crippen LogP contribution in [-0.2, 0) is 5.41 Å². The Labute approximate surface area is 429 Å². The van der Waals surface area contributed by atoms with Crippen LogP contribution in [0.2, 0.25) is 0 Å². The highest BCUT2D eigenvalue weighted by Crippen LogP contribution is 2.51. The molecule has 0 radical (unpaired) electrons. The predicted octanol–water partition coefficient (Wildman–Crippen LogP) is 15.3. The Bertz CT molecular complexity index is 4790. The second-order valence-corrected chi connectivity index (χ2v) is 19.6. The molecule has 0 unspecified atom stereocenters. The molecule has 0 spiro atoms. The Morgan fingerprint density at radius 2 is 0.928 bits per heavy atom. The molecule has 0 saturated heterocycles. The quantitative estimate of drug-likeness (QED) is 0.160. The first kappa shape index (κ1) is 27.1. The van der Waals surface area contributed by atoms with Gasteiger partial charge in [0.2, 0.25) is 6.71 Å². The van der Waals surface area contributed by atoms with E-state index in [1.807, 2.05) is 78.9 Å². The highest BCUT2D eigenvalue weighted by Gasteiger charge is 2.43. The van der Waals surface area contributed by atoms with Gasteiger partial charge in [-0.05, 0) is 93.6 Å². The number of hydrogen-bond acceptors (Lipinski definition) is 2. The smallest absolute Gasteiger partial charge is 0.249 e. The fourth-order valence-corrected chi connectivity index (χ4v) is 11.8. The van der Waals surface area contributed by atoms with Crippen molar-refractivity contribution in [1.29, 1.82) is 0 Å². The van der Waals surface area contributed by atoms with Crippen molar-refractivity contribution in [3.63, 3.8) is 0 Å². The summed E-state index contributed by atoms with van der Waals surface area (Å²) in [5.74, 6) is 0. The molecule has 5 heteroatoms. The van der Waals surface area contributed by atoms with Crippen molar-refractivity contribution in [3.05, 3.63) is 230 Å². The van der Waals surface area contributed by atoms with E-state index in [2.05, 4.69) is 74.2 Å². The Balaban J connectivity index is 1.13. The Morgan fingerprint density at radius 3 is 1.43 bits per heavy atom. The summed E-state index contributed by atoms with van der Waals surface area (Å²) >= 11 is 1.53. The summed E-state index contributed by atoms with van der Waals surface area (Å²) in [5, 5.41) is -0.145. The van der Waals surface area contributed by atoms with Crippen LogP contribution in [0.25, 0.3) is 77.2 Å². The summed E-state index contributed by atoms with van der Waals surface area (Å²) in [6.45, 7) is 5.89. The van der Waals surface area contributed by atoms with Crippen LogP contribution in [0.1, 0.15) is 48.3 Å². The number of nitrogens with zero attached hydrogens (tertiary/aromatic N) is 3. The number of hydrogen-bond donors (Lipinski definition) is 0. The first-order chi connectivity index (χ1) is 40.5. The largest absolute Gasteiger partial charge is 0.310 e. The van der Waals surface area contributed by atoms with Crippen molar-refractivity contribution in [3.8, 4) is 33.6 Å². The number of fused-ring (bicyclic) bond motifs is 10. The topological polar surface area (TPSA) is 13.1 Å². The van der Waals surface area contributed by atoms with Gasteiger partial charge in [-0.3, -0.25) is 0 Å². The number of aromatic nitrogens is 2. The summed E-state index contributed by atoms with van der Waals surface area (Å²) in [7, 11) is 0. The van der Waals surface area contributed by atoms with Gasteiger partial charge in [0.25, 0.3) is 0 Å². The molecule has 2 aliphatic rings. The minimum Gasteiger partial charge on any atom is -0.310 e. The van der Waals surface area contributed by atoms with Crippen molar-refractivity contribution in [2.75, 3.05) is 4.90 Å². The third kappa shape index (κ3) is 6.10. The van der Waals surface area contributed by atoms with Crippen LogP contribution in [0.4, 0.5) is 17.1 Å². The highest BCUT2D eigenvalue weighted by molar-refractivity contribution is 8.00. The molecule has 14 rings (SSSR count). The van der Waals surface area contributed by atoms with E-state index < -0.39 is 109 Å². The molecule has 0 aliphatic carbocycles. The molecule has 0 N–H and O–H groups in total. The van der Waals surface area contributed by atoms with Crippen molar-refractivity contribution in [2.45, 2.75) is 36.0 Å². The average Bonchev–Trinajstić information content (AvgIpc) is 1.81. The molecular formula is C64H46BN3S. The molecule has 0 amide bonds. The van der Waals surface area contributed by atoms with Crippen LogP contribution in [0.5, 0.6) is 0 Å². The third-order valence-electron chi connectivity index (χ3n) is 13.6. The maximum atomic E-state index is 9.48. The summed E-state index contributed by atoms with van der Waals surface area (Å²) in [5.41, 5.74) is 9.84. The first-order valence-corrected chi connectivity index (χ1v) is 23.5. The van der Waals surface area contributed by atoms with Crippen LogP contribution in [0.15, 0.2) is 234 Å². The number of rotatable bonds is 5. The van der Waals surface area contributed by atoms with Crippen LogP contribution in [-0.4, -0.2) is 15.8 Å². The maximum absolute atomic E-state index is 9.48. The summed E-state index contributed by atoms with van der Waals surface area (Å²) in [4.78, 5) is 3.94. The first-order valence-electron chi connectivity index (χ1n) is 30.7. The van der Waals surface area contributed by atoms with Crippen molar-refractivity contribution >= 4 is 95.5 Å². The van der Waals surface area contributed by atoms with Crippen LogP contribution in [0.3, 0.4) is 0 Å². The monoisotopic (exact) mass is 915 g/mol. The van der Waals surface area contributed by atoms with E-state index in [9.17, 15) is 8.22 Å². The molecule has 12 aromatic rings. The van der Waals surface area contributed by atoms with Crippen molar-refractivity contribution < 1.29 is 21.9 Å². The number of anilines is 3. The van der Waals surface area contributed by atoms with Crippen LogP contribution < -0.4 is 21.3 Å². The predicted molar refractivity (Wildman–Crippen MR) is 295 cm³/mol. The normalized spacial score (nSPS) is 16.3. The molecule has 10 aromatic carbocycles. The fraction of sp³-hybridized carbons (Fsp3) is 0.0625. The second kappa shape index (κ2) is 15.3. The van der Waals surface area contributed by atoms with Crippen molar-refractivity contribution in [2.24, 2.45) is 0 Å². The zero-order valence-electron chi connectivity index (χ0n) is 53.5. The molecule has 3 nitrogen and oxygen atoms in total. The van der Waals surface area contributed by atoms with Crippen molar-refractivity contribution in [1.82, 2.24) is 9.13 Å². The molecule has 0 atom stereocenters. The fourth-order valence-electron chi connectivity index (χ4n) is 10.5. The van der Waals surface area contributed by atoms with E-state index in [-0.39, 0.29) is 43.6 Å². The maximum Gasteiger partial charge on any atom is 0.249 e. The van der Waals surface area contributed by atoms with Gasteiger partial charge in [0, 0.05) is 65.2 Å². The van der Waals surface area contributed by atoms with E-state index in [0.717, 1.165) is 65.4 Å². The van der Waals surface area contributed by atoms with E-state index >= 15 is 0 Å². The van der Waals surface area contributed by atoms with Gasteiger partial charge in [-0.15, -0.1) is 0 Å². The molecule has 2 aromatic heterocycles. The molecule has 0 saturated carbocycles. The molecule has 2 aliphatic heterocycles. The zero-order chi connectivity index (χ0) is 59.9. The molecule has 4 heterocycles.